The van der Waals surface area contributed by atoms with Crippen LogP contribution in [0.3, 0.4) is 0 Å². The first-order valence-electron chi connectivity index (χ1n) is 2.02. The molecule has 0 aliphatic rings. The van der Waals surface area contributed by atoms with Gasteiger partial charge in [0.2, 0.25) is 0 Å². The van der Waals surface area contributed by atoms with Crippen molar-refractivity contribution in [1.82, 2.24) is 9.97 Å². The van der Waals surface area contributed by atoms with Gasteiger partial charge >= 0.3 is 0 Å². The molecule has 0 fully saturated rings. The zero-order valence-corrected chi connectivity index (χ0v) is 4.83. The molecule has 1 aromatic rings. The number of aromatic nitrogens is 2. The molecule has 41 valence electrons. The van der Waals surface area contributed by atoms with E-state index < -0.39 is 0 Å². The number of hydrogen-bond donors (Lipinski definition) is 2. The van der Waals surface area contributed by atoms with Crippen molar-refractivity contribution in [2.45, 2.75) is 0 Å². The lowest BCUT2D eigenvalue weighted by Crippen LogP contribution is -2.10. The number of thiocarbonyl (C=S) groups is 1. The molecule has 0 unspecified atom stereocenters. The van der Waals surface area contributed by atoms with Crippen molar-refractivity contribution in [3.63, 3.8) is 0 Å². The van der Waals surface area contributed by atoms with Crippen LogP contribution in [0.25, 0.3) is 0 Å². The van der Waals surface area contributed by atoms with Crippen molar-refractivity contribution in [2.75, 3.05) is 0 Å². The average Bonchev–Trinajstić information content (AvgIpc) is 2.12. The van der Waals surface area contributed by atoms with Gasteiger partial charge in [0.25, 0.3) is 0 Å². The van der Waals surface area contributed by atoms with Gasteiger partial charge in [0.05, 0.1) is 0 Å². The molecule has 0 saturated carbocycles. The molecule has 0 aliphatic heterocycles. The van der Waals surface area contributed by atoms with Gasteiger partial charge in [0, 0.05) is 6.20 Å². The summed E-state index contributed by atoms with van der Waals surface area (Å²) in [4.78, 5) is 6.64. The highest BCUT2D eigenvalue weighted by atomic mass is 32.1. The Bertz CT molecular complexity index is 179. The number of nitrogens with two attached hydrogens (primary N) is 1. The first-order valence-corrected chi connectivity index (χ1v) is 2.43. The Labute approximate surface area is 51.9 Å². The SMILES string of the molecule is NC(=S)c1n[c]c[nH]1. The van der Waals surface area contributed by atoms with Crippen molar-refractivity contribution >= 4 is 17.2 Å². The standard InChI is InChI=1S/C4H4N3S/c5-3(8)4-6-1-2-7-4/h1H,(H2,5,8)(H,6,7). The van der Waals surface area contributed by atoms with E-state index in [-0.39, 0.29) is 4.99 Å². The Morgan fingerprint density at radius 2 is 2.75 bits per heavy atom. The summed E-state index contributed by atoms with van der Waals surface area (Å²) in [7, 11) is 0. The van der Waals surface area contributed by atoms with Gasteiger partial charge < -0.3 is 10.7 Å². The van der Waals surface area contributed by atoms with Gasteiger partial charge in [0.1, 0.15) is 11.2 Å². The van der Waals surface area contributed by atoms with E-state index in [0.717, 1.165) is 0 Å². The van der Waals surface area contributed by atoms with E-state index in [0.29, 0.717) is 5.82 Å². The van der Waals surface area contributed by atoms with Crippen LogP contribution in [0.2, 0.25) is 0 Å². The number of imidazole rings is 1. The van der Waals surface area contributed by atoms with Crippen LogP contribution in [0.4, 0.5) is 0 Å². The van der Waals surface area contributed by atoms with E-state index in [1.807, 2.05) is 0 Å². The van der Waals surface area contributed by atoms with Crippen molar-refractivity contribution < 1.29 is 0 Å². The third-order valence-electron chi connectivity index (χ3n) is 0.683. The Morgan fingerprint density at radius 1 is 2.00 bits per heavy atom. The van der Waals surface area contributed by atoms with E-state index in [4.69, 9.17) is 5.73 Å². The van der Waals surface area contributed by atoms with Crippen LogP contribution in [0.1, 0.15) is 5.82 Å². The number of H-pyrrole nitrogens is 1. The van der Waals surface area contributed by atoms with Crippen LogP contribution in [-0.2, 0) is 0 Å². The van der Waals surface area contributed by atoms with E-state index in [9.17, 15) is 0 Å². The number of nitrogens with one attached hydrogen (secondary N) is 1. The van der Waals surface area contributed by atoms with Gasteiger partial charge in [-0.25, -0.2) is 4.98 Å². The molecule has 3 nitrogen and oxygen atoms in total. The third kappa shape index (κ3) is 0.840. The lowest BCUT2D eigenvalue weighted by atomic mass is 10.6. The lowest BCUT2D eigenvalue weighted by molar-refractivity contribution is 1.26. The topological polar surface area (TPSA) is 54.7 Å². The van der Waals surface area contributed by atoms with Gasteiger partial charge in [-0.15, -0.1) is 0 Å². The van der Waals surface area contributed by atoms with E-state index in [1.54, 1.807) is 6.20 Å². The van der Waals surface area contributed by atoms with Crippen LogP contribution in [0, 0.1) is 6.20 Å². The molecule has 0 aromatic carbocycles. The van der Waals surface area contributed by atoms with Crippen LogP contribution in [0.15, 0.2) is 6.20 Å². The summed E-state index contributed by atoms with van der Waals surface area (Å²) in [5.41, 5.74) is 5.18. The number of nitrogens with zero attached hydrogens (tertiary/aromatic N) is 1. The summed E-state index contributed by atoms with van der Waals surface area (Å²) in [6, 6.07) is 0. The normalized spacial score (nSPS) is 9.00. The molecule has 8 heavy (non-hydrogen) atoms. The van der Waals surface area contributed by atoms with Crippen LogP contribution in [-0.4, -0.2) is 15.0 Å². The highest BCUT2D eigenvalue weighted by Crippen LogP contribution is 1.83. The second kappa shape index (κ2) is 1.92. The Hall–Kier alpha value is -0.900. The number of hydrogen-bond acceptors (Lipinski definition) is 2. The zero-order chi connectivity index (χ0) is 5.98. The van der Waals surface area contributed by atoms with Crippen molar-refractivity contribution in [2.24, 2.45) is 5.73 Å². The monoisotopic (exact) mass is 126 g/mol. The molecule has 4 heteroatoms. The second-order valence-corrected chi connectivity index (χ2v) is 1.68. The summed E-state index contributed by atoms with van der Waals surface area (Å²) < 4.78 is 0. The minimum Gasteiger partial charge on any atom is -0.387 e. The first-order chi connectivity index (χ1) is 3.80. The largest absolute Gasteiger partial charge is 0.387 e. The van der Waals surface area contributed by atoms with Gasteiger partial charge in [-0.2, -0.15) is 0 Å². The Morgan fingerprint density at radius 3 is 3.00 bits per heavy atom. The molecule has 0 aliphatic carbocycles. The lowest BCUT2D eigenvalue weighted by Gasteiger charge is -1.84. The molecular formula is C4H4N3S. The van der Waals surface area contributed by atoms with Crippen LogP contribution < -0.4 is 5.73 Å². The minimum atomic E-state index is 0.270. The molecule has 3 N–H and O–H groups in total. The second-order valence-electron chi connectivity index (χ2n) is 1.24. The minimum absolute atomic E-state index is 0.270. The number of aromatic amines is 1. The summed E-state index contributed by atoms with van der Waals surface area (Å²) in [5, 5.41) is 0. The van der Waals surface area contributed by atoms with Crippen LogP contribution >= 0.6 is 12.2 Å². The quantitative estimate of drug-likeness (QED) is 0.514. The average molecular weight is 126 g/mol. The molecule has 0 spiro atoms. The molecule has 1 aromatic heterocycles. The van der Waals surface area contributed by atoms with E-state index in [1.165, 1.54) is 0 Å². The maximum Gasteiger partial charge on any atom is 0.165 e. The zero-order valence-electron chi connectivity index (χ0n) is 4.01. The van der Waals surface area contributed by atoms with Crippen molar-refractivity contribution in [3.05, 3.63) is 18.2 Å². The molecule has 1 rings (SSSR count). The fourth-order valence-electron chi connectivity index (χ4n) is 0.356. The van der Waals surface area contributed by atoms with Gasteiger partial charge in [-0.3, -0.25) is 0 Å². The molecule has 1 heterocycles. The predicted octanol–water partition coefficient (Wildman–Crippen LogP) is -0.156. The highest BCUT2D eigenvalue weighted by molar-refractivity contribution is 7.80. The van der Waals surface area contributed by atoms with E-state index >= 15 is 0 Å². The molecule has 0 saturated heterocycles. The molecule has 0 bridgehead atoms. The summed E-state index contributed by atoms with van der Waals surface area (Å²) in [5.74, 6) is 0.514. The third-order valence-corrected chi connectivity index (χ3v) is 0.877. The fraction of sp³-hybridized carbons (Fsp3) is 0. The van der Waals surface area contributed by atoms with Crippen molar-refractivity contribution in [3.8, 4) is 0 Å². The maximum atomic E-state index is 5.18. The highest BCUT2D eigenvalue weighted by Gasteiger charge is 1.93. The van der Waals surface area contributed by atoms with Gasteiger partial charge in [0.15, 0.2) is 5.82 Å². The maximum absolute atomic E-state index is 5.18. The molecule has 1 radical (unpaired) electrons. The molecule has 0 amide bonds. The Kier molecular flexibility index (Phi) is 1.26. The number of rotatable bonds is 1. The van der Waals surface area contributed by atoms with E-state index in [2.05, 4.69) is 28.4 Å². The predicted molar refractivity (Wildman–Crippen MR) is 33.3 cm³/mol. The van der Waals surface area contributed by atoms with Gasteiger partial charge in [-0.1, -0.05) is 12.2 Å². The smallest absolute Gasteiger partial charge is 0.165 e. The van der Waals surface area contributed by atoms with Crippen LogP contribution in [0.5, 0.6) is 0 Å². The van der Waals surface area contributed by atoms with Crippen molar-refractivity contribution in [1.29, 1.82) is 0 Å². The molecular weight excluding hydrogens is 122 g/mol. The first kappa shape index (κ1) is 5.24. The van der Waals surface area contributed by atoms with Gasteiger partial charge in [-0.05, 0) is 0 Å². The summed E-state index contributed by atoms with van der Waals surface area (Å²) >= 11 is 4.58. The Balaban J connectivity index is 2.93. The fourth-order valence-corrected chi connectivity index (χ4v) is 0.461. The summed E-state index contributed by atoms with van der Waals surface area (Å²) in [6.07, 6.45) is 4.09. The molecule has 0 atom stereocenters. The summed E-state index contributed by atoms with van der Waals surface area (Å²) in [6.45, 7) is 0.